The highest BCUT2D eigenvalue weighted by Gasteiger charge is 2.13. The Kier molecular flexibility index (Phi) is 3.71. The maximum absolute atomic E-state index is 11.8. The van der Waals surface area contributed by atoms with E-state index in [2.05, 4.69) is 25.6 Å². The lowest BCUT2D eigenvalue weighted by molar-refractivity contribution is -0.121. The molecule has 0 saturated carbocycles. The van der Waals surface area contributed by atoms with Crippen molar-refractivity contribution in [3.63, 3.8) is 0 Å². The van der Waals surface area contributed by atoms with Gasteiger partial charge >= 0.3 is 0 Å². The molecular formula is C11H16N6O. The fourth-order valence-corrected chi connectivity index (χ4v) is 1.75. The number of carbonyl (C=O) groups excluding carboxylic acids is 1. The number of carbonyl (C=O) groups is 1. The second-order valence-corrected chi connectivity index (χ2v) is 4.14. The van der Waals surface area contributed by atoms with Crippen molar-refractivity contribution in [3.05, 3.63) is 30.1 Å². The van der Waals surface area contributed by atoms with E-state index in [1.165, 1.54) is 6.33 Å². The number of rotatable bonds is 5. The Labute approximate surface area is 105 Å². The molecule has 1 amide bonds. The molecule has 0 aromatic carbocycles. The first-order valence-electron chi connectivity index (χ1n) is 5.77. The van der Waals surface area contributed by atoms with Crippen molar-refractivity contribution in [2.24, 2.45) is 7.05 Å². The quantitative estimate of drug-likeness (QED) is 0.799. The number of hydrogen-bond donors (Lipinski definition) is 2. The van der Waals surface area contributed by atoms with Gasteiger partial charge in [0.2, 0.25) is 5.91 Å². The summed E-state index contributed by atoms with van der Waals surface area (Å²) in [6, 6.07) is -0.144. The maximum Gasteiger partial charge on any atom is 0.220 e. The number of nitrogens with one attached hydrogen (secondary N) is 2. The summed E-state index contributed by atoms with van der Waals surface area (Å²) in [7, 11) is 1.80. The van der Waals surface area contributed by atoms with Gasteiger partial charge in [-0.2, -0.15) is 10.2 Å². The van der Waals surface area contributed by atoms with E-state index in [0.29, 0.717) is 12.8 Å². The Balaban J connectivity index is 1.82. The predicted molar refractivity (Wildman–Crippen MR) is 64.5 cm³/mol. The minimum atomic E-state index is -0.144. The number of hydrogen-bond acceptors (Lipinski definition) is 4. The Morgan fingerprint density at radius 1 is 1.61 bits per heavy atom. The summed E-state index contributed by atoms with van der Waals surface area (Å²) in [6.07, 6.45) is 6.10. The Hall–Kier alpha value is -2.18. The van der Waals surface area contributed by atoms with Gasteiger partial charge in [0.05, 0.1) is 12.2 Å². The lowest BCUT2D eigenvalue weighted by Crippen LogP contribution is -2.28. The van der Waals surface area contributed by atoms with E-state index in [1.54, 1.807) is 24.1 Å². The van der Waals surface area contributed by atoms with Gasteiger partial charge in [-0.25, -0.2) is 4.98 Å². The predicted octanol–water partition coefficient (Wildman–Crippen LogP) is 0.348. The van der Waals surface area contributed by atoms with Crippen molar-refractivity contribution in [1.82, 2.24) is 30.3 Å². The van der Waals surface area contributed by atoms with Gasteiger partial charge in [-0.1, -0.05) is 0 Å². The molecule has 0 aliphatic rings. The SMILES string of the molecule is CC(NC(=O)CCc1cn[nH]c1)c1ncnn1C. The second kappa shape index (κ2) is 5.44. The Bertz CT molecular complexity index is 503. The van der Waals surface area contributed by atoms with E-state index in [9.17, 15) is 4.79 Å². The lowest BCUT2D eigenvalue weighted by Gasteiger charge is -2.12. The van der Waals surface area contributed by atoms with E-state index in [0.717, 1.165) is 11.4 Å². The first kappa shape index (κ1) is 12.3. The third kappa shape index (κ3) is 2.93. The molecule has 2 rings (SSSR count). The number of aromatic amines is 1. The number of H-pyrrole nitrogens is 1. The van der Waals surface area contributed by atoms with Gasteiger partial charge in [0.15, 0.2) is 0 Å². The van der Waals surface area contributed by atoms with Crippen molar-refractivity contribution < 1.29 is 4.79 Å². The van der Waals surface area contributed by atoms with Crippen LogP contribution in [0.2, 0.25) is 0 Å². The van der Waals surface area contributed by atoms with Crippen LogP contribution in [-0.2, 0) is 18.3 Å². The molecule has 18 heavy (non-hydrogen) atoms. The third-order valence-corrected chi connectivity index (χ3v) is 2.71. The third-order valence-electron chi connectivity index (χ3n) is 2.71. The molecule has 2 aromatic rings. The molecule has 0 radical (unpaired) electrons. The first-order chi connectivity index (χ1) is 8.66. The molecule has 1 atom stereocenters. The Morgan fingerprint density at radius 2 is 2.44 bits per heavy atom. The van der Waals surface area contributed by atoms with Crippen LogP contribution in [0.4, 0.5) is 0 Å². The second-order valence-electron chi connectivity index (χ2n) is 4.14. The van der Waals surface area contributed by atoms with Crippen LogP contribution in [0.15, 0.2) is 18.7 Å². The summed E-state index contributed by atoms with van der Waals surface area (Å²) in [5, 5.41) is 13.4. The zero-order valence-electron chi connectivity index (χ0n) is 10.4. The topological polar surface area (TPSA) is 88.5 Å². The minimum absolute atomic E-state index is 0.00769. The highest BCUT2D eigenvalue weighted by atomic mass is 16.1. The average Bonchev–Trinajstić information content (AvgIpc) is 2.97. The fraction of sp³-hybridized carbons (Fsp3) is 0.455. The number of aromatic nitrogens is 5. The van der Waals surface area contributed by atoms with E-state index in [1.807, 2.05) is 6.92 Å². The number of aryl methyl sites for hydroxylation is 2. The van der Waals surface area contributed by atoms with Gasteiger partial charge in [-0.3, -0.25) is 14.6 Å². The number of nitrogens with zero attached hydrogens (tertiary/aromatic N) is 4. The molecule has 0 fully saturated rings. The summed E-state index contributed by atoms with van der Waals surface area (Å²) in [5.74, 6) is 0.735. The van der Waals surface area contributed by atoms with E-state index in [4.69, 9.17) is 0 Å². The summed E-state index contributed by atoms with van der Waals surface area (Å²) in [6.45, 7) is 1.89. The molecule has 2 N–H and O–H groups in total. The van der Waals surface area contributed by atoms with Crippen molar-refractivity contribution in [2.75, 3.05) is 0 Å². The summed E-state index contributed by atoms with van der Waals surface area (Å²) >= 11 is 0. The van der Waals surface area contributed by atoms with E-state index >= 15 is 0 Å². The molecule has 0 spiro atoms. The minimum Gasteiger partial charge on any atom is -0.346 e. The van der Waals surface area contributed by atoms with Gasteiger partial charge in [0.25, 0.3) is 0 Å². The van der Waals surface area contributed by atoms with Crippen LogP contribution in [0.3, 0.4) is 0 Å². The van der Waals surface area contributed by atoms with Gasteiger partial charge in [0, 0.05) is 19.7 Å². The summed E-state index contributed by atoms with van der Waals surface area (Å²) < 4.78 is 1.65. The molecule has 0 bridgehead atoms. The molecule has 1 unspecified atom stereocenters. The van der Waals surface area contributed by atoms with Crippen LogP contribution >= 0.6 is 0 Å². The molecule has 0 aliphatic carbocycles. The van der Waals surface area contributed by atoms with E-state index in [-0.39, 0.29) is 11.9 Å². The van der Waals surface area contributed by atoms with Crippen LogP contribution in [0.25, 0.3) is 0 Å². The van der Waals surface area contributed by atoms with Crippen LogP contribution < -0.4 is 5.32 Å². The molecule has 2 aromatic heterocycles. The molecule has 96 valence electrons. The van der Waals surface area contributed by atoms with Gasteiger partial charge in [-0.05, 0) is 18.9 Å². The molecule has 0 saturated heterocycles. The van der Waals surface area contributed by atoms with Crippen molar-refractivity contribution in [3.8, 4) is 0 Å². The molecule has 0 aliphatic heterocycles. The van der Waals surface area contributed by atoms with Crippen molar-refractivity contribution >= 4 is 5.91 Å². The number of amides is 1. The smallest absolute Gasteiger partial charge is 0.220 e. The monoisotopic (exact) mass is 248 g/mol. The summed E-state index contributed by atoms with van der Waals surface area (Å²) in [4.78, 5) is 15.9. The highest BCUT2D eigenvalue weighted by Crippen LogP contribution is 2.07. The Morgan fingerprint density at radius 3 is 3.06 bits per heavy atom. The fourth-order valence-electron chi connectivity index (χ4n) is 1.75. The van der Waals surface area contributed by atoms with Crippen molar-refractivity contribution in [2.45, 2.75) is 25.8 Å². The molecule has 2 heterocycles. The zero-order chi connectivity index (χ0) is 13.0. The average molecular weight is 248 g/mol. The van der Waals surface area contributed by atoms with Crippen LogP contribution in [0.1, 0.15) is 30.8 Å². The van der Waals surface area contributed by atoms with Crippen LogP contribution in [0.5, 0.6) is 0 Å². The largest absolute Gasteiger partial charge is 0.346 e. The lowest BCUT2D eigenvalue weighted by atomic mass is 10.2. The summed E-state index contributed by atoms with van der Waals surface area (Å²) in [5.41, 5.74) is 1.02. The van der Waals surface area contributed by atoms with Crippen molar-refractivity contribution in [1.29, 1.82) is 0 Å². The standard InChI is InChI=1S/C11H16N6O/c1-8(11-12-7-15-17(11)2)16-10(18)4-3-9-5-13-14-6-9/h5-8H,3-4H2,1-2H3,(H,13,14)(H,16,18). The van der Waals surface area contributed by atoms with E-state index < -0.39 is 0 Å². The zero-order valence-corrected chi connectivity index (χ0v) is 10.4. The normalized spacial score (nSPS) is 12.3. The molecule has 7 nitrogen and oxygen atoms in total. The molecule has 7 heteroatoms. The van der Waals surface area contributed by atoms with Gasteiger partial charge in [-0.15, -0.1) is 0 Å². The van der Waals surface area contributed by atoms with Gasteiger partial charge in [0.1, 0.15) is 12.2 Å². The van der Waals surface area contributed by atoms with Crippen LogP contribution in [-0.4, -0.2) is 30.9 Å². The molecular weight excluding hydrogens is 232 g/mol. The highest BCUT2D eigenvalue weighted by molar-refractivity contribution is 5.76. The maximum atomic E-state index is 11.8. The first-order valence-corrected chi connectivity index (χ1v) is 5.77. The van der Waals surface area contributed by atoms with Gasteiger partial charge < -0.3 is 5.32 Å². The van der Waals surface area contributed by atoms with Crippen LogP contribution in [0, 0.1) is 0 Å².